The van der Waals surface area contributed by atoms with Gasteiger partial charge in [-0.1, -0.05) is 12.1 Å². The van der Waals surface area contributed by atoms with E-state index in [9.17, 15) is 14.0 Å². The third-order valence-corrected chi connectivity index (χ3v) is 2.77. The molecule has 1 aromatic carbocycles. The molecule has 0 heterocycles. The van der Waals surface area contributed by atoms with Gasteiger partial charge in [-0.3, -0.25) is 14.5 Å². The molecule has 0 bridgehead atoms. The van der Waals surface area contributed by atoms with Gasteiger partial charge in [-0.25, -0.2) is 4.39 Å². The summed E-state index contributed by atoms with van der Waals surface area (Å²) in [5.41, 5.74) is 0.955. The van der Waals surface area contributed by atoms with Gasteiger partial charge in [-0.15, -0.1) is 0 Å². The van der Waals surface area contributed by atoms with Gasteiger partial charge >= 0.3 is 5.97 Å². The number of amides is 1. The maximum atomic E-state index is 12.7. The van der Waals surface area contributed by atoms with Crippen LogP contribution in [0, 0.1) is 5.82 Å². The van der Waals surface area contributed by atoms with Crippen molar-refractivity contribution in [2.45, 2.75) is 13.3 Å². The summed E-state index contributed by atoms with van der Waals surface area (Å²) in [7, 11) is 1.68. The second-order valence-corrected chi connectivity index (χ2v) is 4.70. The van der Waals surface area contributed by atoms with Crippen LogP contribution in [0.1, 0.15) is 12.5 Å². The van der Waals surface area contributed by atoms with Crippen LogP contribution in [0.15, 0.2) is 24.3 Å². The molecule has 6 heteroatoms. The van der Waals surface area contributed by atoms with Gasteiger partial charge in [0.05, 0.1) is 19.7 Å². The molecule has 0 aliphatic rings. The third kappa shape index (κ3) is 7.41. The lowest BCUT2D eigenvalue weighted by molar-refractivity contribution is -0.144. The molecular weight excluding hydrogens is 275 g/mol. The number of halogens is 1. The highest BCUT2D eigenvalue weighted by Crippen LogP contribution is 2.02. The molecule has 116 valence electrons. The predicted molar refractivity (Wildman–Crippen MR) is 77.2 cm³/mol. The number of esters is 1. The van der Waals surface area contributed by atoms with E-state index < -0.39 is 0 Å². The van der Waals surface area contributed by atoms with Crippen LogP contribution in [0.5, 0.6) is 0 Å². The molecule has 0 unspecified atom stereocenters. The molecule has 0 aliphatic carbocycles. The lowest BCUT2D eigenvalue weighted by atomic mass is 10.1. The van der Waals surface area contributed by atoms with Crippen molar-refractivity contribution in [2.75, 3.05) is 33.3 Å². The quantitative estimate of drug-likeness (QED) is 0.727. The molecule has 0 radical (unpaired) electrons. The highest BCUT2D eigenvalue weighted by molar-refractivity contribution is 5.79. The van der Waals surface area contributed by atoms with Gasteiger partial charge in [0, 0.05) is 6.54 Å². The minimum atomic E-state index is -0.348. The van der Waals surface area contributed by atoms with Crippen molar-refractivity contribution < 1.29 is 18.7 Å². The second kappa shape index (κ2) is 9.07. The first-order chi connectivity index (χ1) is 10.0. The first kappa shape index (κ1) is 17.1. The number of nitrogens with zero attached hydrogens (tertiary/aromatic N) is 1. The molecule has 0 aliphatic heterocycles. The minimum Gasteiger partial charge on any atom is -0.465 e. The summed E-state index contributed by atoms with van der Waals surface area (Å²) in [5, 5.41) is 2.76. The van der Waals surface area contributed by atoms with Crippen molar-refractivity contribution in [2.24, 2.45) is 0 Å². The summed E-state index contributed by atoms with van der Waals surface area (Å²) in [5.74, 6) is -0.786. The standard InChI is InChI=1S/C15H21FN2O3/c1-3-21-15(20)11-18(2)10-14(19)17-9-8-12-4-6-13(16)7-5-12/h4-7H,3,8-11H2,1-2H3,(H,17,19). The zero-order valence-electron chi connectivity index (χ0n) is 12.4. The molecule has 0 atom stereocenters. The molecular formula is C15H21FN2O3. The fraction of sp³-hybridized carbons (Fsp3) is 0.467. The minimum absolute atomic E-state index is 0.0826. The maximum Gasteiger partial charge on any atom is 0.320 e. The summed E-state index contributed by atoms with van der Waals surface area (Å²) < 4.78 is 17.5. The van der Waals surface area contributed by atoms with Crippen molar-refractivity contribution >= 4 is 11.9 Å². The second-order valence-electron chi connectivity index (χ2n) is 4.70. The largest absolute Gasteiger partial charge is 0.465 e. The number of nitrogens with one attached hydrogen (secondary N) is 1. The van der Waals surface area contributed by atoms with Crippen molar-refractivity contribution in [3.8, 4) is 0 Å². The lowest BCUT2D eigenvalue weighted by Gasteiger charge is -2.15. The SMILES string of the molecule is CCOC(=O)CN(C)CC(=O)NCCc1ccc(F)cc1. The Morgan fingerprint density at radius 1 is 1.24 bits per heavy atom. The number of ether oxygens (including phenoxy) is 1. The number of carbonyl (C=O) groups is 2. The van der Waals surface area contributed by atoms with Crippen molar-refractivity contribution in [1.29, 1.82) is 0 Å². The number of hydrogen-bond acceptors (Lipinski definition) is 4. The maximum absolute atomic E-state index is 12.7. The fourth-order valence-electron chi connectivity index (χ4n) is 1.78. The van der Waals surface area contributed by atoms with E-state index in [1.165, 1.54) is 12.1 Å². The number of benzene rings is 1. The van der Waals surface area contributed by atoms with Crippen LogP contribution in [-0.2, 0) is 20.7 Å². The van der Waals surface area contributed by atoms with Crippen LogP contribution >= 0.6 is 0 Å². The molecule has 1 rings (SSSR count). The Labute approximate surface area is 124 Å². The lowest BCUT2D eigenvalue weighted by Crippen LogP contribution is -2.38. The predicted octanol–water partition coefficient (Wildman–Crippen LogP) is 0.979. The number of likely N-dealkylation sites (N-methyl/N-ethyl adjacent to an activating group) is 1. The molecule has 1 amide bonds. The van der Waals surface area contributed by atoms with Crippen LogP contribution in [0.4, 0.5) is 4.39 Å². The van der Waals surface area contributed by atoms with Gasteiger partial charge < -0.3 is 10.1 Å². The van der Waals surface area contributed by atoms with Crippen LogP contribution in [0.3, 0.4) is 0 Å². The van der Waals surface area contributed by atoms with E-state index >= 15 is 0 Å². The molecule has 1 N–H and O–H groups in total. The first-order valence-corrected chi connectivity index (χ1v) is 6.86. The smallest absolute Gasteiger partial charge is 0.320 e. The average Bonchev–Trinajstić information content (AvgIpc) is 2.41. The third-order valence-electron chi connectivity index (χ3n) is 2.77. The average molecular weight is 296 g/mol. The zero-order chi connectivity index (χ0) is 15.7. The van der Waals surface area contributed by atoms with E-state index in [-0.39, 0.29) is 30.8 Å². The Hall–Kier alpha value is -1.95. The van der Waals surface area contributed by atoms with E-state index in [0.717, 1.165) is 5.56 Å². The summed E-state index contributed by atoms with van der Waals surface area (Å²) in [6, 6.07) is 6.16. The zero-order valence-corrected chi connectivity index (χ0v) is 12.4. The van der Waals surface area contributed by atoms with E-state index in [1.54, 1.807) is 31.0 Å². The fourth-order valence-corrected chi connectivity index (χ4v) is 1.78. The van der Waals surface area contributed by atoms with Crippen LogP contribution in [0.2, 0.25) is 0 Å². The molecule has 1 aromatic rings. The van der Waals surface area contributed by atoms with Crippen molar-refractivity contribution in [3.05, 3.63) is 35.6 Å². The Morgan fingerprint density at radius 2 is 1.90 bits per heavy atom. The molecule has 5 nitrogen and oxygen atoms in total. The van der Waals surface area contributed by atoms with Crippen molar-refractivity contribution in [3.63, 3.8) is 0 Å². The van der Waals surface area contributed by atoms with Crippen LogP contribution in [0.25, 0.3) is 0 Å². The molecule has 0 fully saturated rings. The van der Waals surface area contributed by atoms with Crippen molar-refractivity contribution in [1.82, 2.24) is 10.2 Å². The number of rotatable bonds is 8. The number of carbonyl (C=O) groups excluding carboxylic acids is 2. The van der Waals surface area contributed by atoms with E-state index in [2.05, 4.69) is 5.32 Å². The van der Waals surface area contributed by atoms with E-state index in [1.807, 2.05) is 0 Å². The normalized spacial score (nSPS) is 10.5. The molecule has 0 saturated carbocycles. The molecule has 21 heavy (non-hydrogen) atoms. The summed E-state index contributed by atoms with van der Waals surface area (Å²) in [6.07, 6.45) is 0.633. The number of hydrogen-bond donors (Lipinski definition) is 1. The van der Waals surface area contributed by atoms with Gasteiger partial charge in [-0.2, -0.15) is 0 Å². The van der Waals surface area contributed by atoms with Crippen LogP contribution < -0.4 is 5.32 Å². The van der Waals surface area contributed by atoms with Gasteiger partial charge in [0.2, 0.25) is 5.91 Å². The highest BCUT2D eigenvalue weighted by Gasteiger charge is 2.10. The van der Waals surface area contributed by atoms with E-state index in [0.29, 0.717) is 19.6 Å². The van der Waals surface area contributed by atoms with Crippen LogP contribution in [-0.4, -0.2) is 50.1 Å². The first-order valence-electron chi connectivity index (χ1n) is 6.86. The Balaban J connectivity index is 2.21. The van der Waals surface area contributed by atoms with Gasteiger partial charge in [-0.05, 0) is 38.1 Å². The van der Waals surface area contributed by atoms with Gasteiger partial charge in [0.25, 0.3) is 0 Å². The van der Waals surface area contributed by atoms with Gasteiger partial charge in [0.1, 0.15) is 5.82 Å². The Bertz CT molecular complexity index is 462. The molecule has 0 saturated heterocycles. The van der Waals surface area contributed by atoms with E-state index in [4.69, 9.17) is 4.74 Å². The summed E-state index contributed by atoms with van der Waals surface area (Å²) in [6.45, 7) is 2.75. The van der Waals surface area contributed by atoms with Gasteiger partial charge in [0.15, 0.2) is 0 Å². The molecule has 0 aromatic heterocycles. The summed E-state index contributed by atoms with van der Waals surface area (Å²) in [4.78, 5) is 24.5. The monoisotopic (exact) mass is 296 g/mol. The molecule has 0 spiro atoms. The Kier molecular flexibility index (Phi) is 7.39. The Morgan fingerprint density at radius 3 is 2.52 bits per heavy atom. The highest BCUT2D eigenvalue weighted by atomic mass is 19.1. The topological polar surface area (TPSA) is 58.6 Å². The summed E-state index contributed by atoms with van der Waals surface area (Å²) >= 11 is 0.